The van der Waals surface area contributed by atoms with Gasteiger partial charge in [-0.25, -0.2) is 4.79 Å². The number of ketones is 1. The molecule has 3 fully saturated rings. The highest BCUT2D eigenvalue weighted by Crippen LogP contribution is 2.62. The highest BCUT2D eigenvalue weighted by atomic mass is 16.6. The summed E-state index contributed by atoms with van der Waals surface area (Å²) in [6.45, 7) is 6.20. The summed E-state index contributed by atoms with van der Waals surface area (Å²) in [4.78, 5) is 40.0. The zero-order valence-corrected chi connectivity index (χ0v) is 14.0. The summed E-state index contributed by atoms with van der Waals surface area (Å²) in [5.74, 6) is -0.784. The van der Waals surface area contributed by atoms with Gasteiger partial charge in [0.05, 0.1) is 12.7 Å². The Bertz CT molecular complexity index is 723. The van der Waals surface area contributed by atoms with Crippen molar-refractivity contribution in [3.8, 4) is 0 Å². The molecule has 0 unspecified atom stereocenters. The van der Waals surface area contributed by atoms with E-state index in [0.29, 0.717) is 30.5 Å². The molecule has 24 heavy (non-hydrogen) atoms. The number of methoxy groups -OCH3 is 1. The molecule has 0 N–H and O–H groups in total. The molecular formula is C18H21NO5. The van der Waals surface area contributed by atoms with Crippen LogP contribution in [0.25, 0.3) is 0 Å². The second kappa shape index (κ2) is 4.71. The first-order valence-electron chi connectivity index (χ1n) is 8.44. The van der Waals surface area contributed by atoms with Gasteiger partial charge in [-0.3, -0.25) is 9.59 Å². The Balaban J connectivity index is 2.03. The van der Waals surface area contributed by atoms with E-state index in [2.05, 4.69) is 6.58 Å². The Morgan fingerprint density at radius 2 is 2.04 bits per heavy atom. The maximum atomic E-state index is 13.3. The average molecular weight is 331 g/mol. The van der Waals surface area contributed by atoms with Crippen LogP contribution in [0.4, 0.5) is 0 Å². The van der Waals surface area contributed by atoms with E-state index in [1.807, 2.05) is 0 Å². The Morgan fingerprint density at radius 3 is 2.75 bits per heavy atom. The number of carbonyl (C=O) groups is 3. The van der Waals surface area contributed by atoms with Gasteiger partial charge in [0.1, 0.15) is 5.54 Å². The van der Waals surface area contributed by atoms with Crippen LogP contribution >= 0.6 is 0 Å². The van der Waals surface area contributed by atoms with E-state index in [1.165, 1.54) is 7.11 Å². The van der Waals surface area contributed by atoms with Crippen LogP contribution < -0.4 is 0 Å². The van der Waals surface area contributed by atoms with Crippen molar-refractivity contribution >= 4 is 17.7 Å². The summed E-state index contributed by atoms with van der Waals surface area (Å²) in [6.07, 6.45) is 3.39. The van der Waals surface area contributed by atoms with Crippen molar-refractivity contribution in [2.24, 2.45) is 5.92 Å². The number of hydrogen-bond acceptors (Lipinski definition) is 5. The number of hydrogen-bond donors (Lipinski definition) is 0. The van der Waals surface area contributed by atoms with Gasteiger partial charge in [-0.15, -0.1) is 0 Å². The van der Waals surface area contributed by atoms with Gasteiger partial charge in [-0.2, -0.15) is 0 Å². The molecule has 0 bridgehead atoms. The maximum absolute atomic E-state index is 13.3. The Kier molecular flexibility index (Phi) is 3.03. The molecule has 0 aromatic rings. The van der Waals surface area contributed by atoms with E-state index in [4.69, 9.17) is 9.47 Å². The standard InChI is InChI=1S/C18H21NO5/c1-10-12-6-4-5-9-19-13(20)7-8-17(12,19)18(14(10)21)15(23-3)11(2)16(22)24-18/h12H,1,4-9H2,2-3H3/t12-,17-,18-/m0/s1. The van der Waals surface area contributed by atoms with Crippen molar-refractivity contribution in [2.75, 3.05) is 13.7 Å². The van der Waals surface area contributed by atoms with E-state index in [1.54, 1.807) is 11.8 Å². The fraction of sp³-hybridized carbons (Fsp3) is 0.611. The maximum Gasteiger partial charge on any atom is 0.338 e. The van der Waals surface area contributed by atoms with Crippen molar-refractivity contribution < 1.29 is 23.9 Å². The summed E-state index contributed by atoms with van der Waals surface area (Å²) in [6, 6.07) is 0. The number of nitrogens with zero attached hydrogens (tertiary/aromatic N) is 1. The lowest BCUT2D eigenvalue weighted by Gasteiger charge is -2.46. The minimum Gasteiger partial charge on any atom is -0.496 e. The molecule has 6 nitrogen and oxygen atoms in total. The summed E-state index contributed by atoms with van der Waals surface area (Å²) in [5.41, 5.74) is -1.68. The lowest BCUT2D eigenvalue weighted by Crippen LogP contribution is -2.65. The van der Waals surface area contributed by atoms with Crippen LogP contribution in [-0.4, -0.2) is 47.4 Å². The van der Waals surface area contributed by atoms with Gasteiger partial charge in [-0.1, -0.05) is 13.0 Å². The minimum absolute atomic E-state index is 0.0137. The van der Waals surface area contributed by atoms with Gasteiger partial charge in [0.2, 0.25) is 11.7 Å². The third-order valence-electron chi connectivity index (χ3n) is 6.26. The summed E-state index contributed by atoms with van der Waals surface area (Å²) < 4.78 is 11.3. The SMILES string of the molecule is C=C1C(=O)[C@@]2(OC(=O)C(C)=C2OC)[C@@]23CCC(=O)N2CCCC[C@@H]13. The molecule has 4 rings (SSSR count). The second-order valence-corrected chi connectivity index (χ2v) is 7.10. The predicted octanol–water partition coefficient (Wildman–Crippen LogP) is 1.50. The molecule has 3 atom stereocenters. The number of Topliss-reactive ketones (excluding diaryl/α,β-unsaturated/α-hetero) is 1. The van der Waals surface area contributed by atoms with Gasteiger partial charge in [0.15, 0.2) is 5.76 Å². The fourth-order valence-electron chi connectivity index (χ4n) is 5.34. The number of ether oxygens (including phenoxy) is 2. The average Bonchev–Trinajstić information content (AvgIpc) is 3.00. The number of esters is 1. The molecule has 2 saturated heterocycles. The third kappa shape index (κ3) is 1.41. The van der Waals surface area contributed by atoms with Gasteiger partial charge < -0.3 is 14.4 Å². The van der Waals surface area contributed by atoms with E-state index in [9.17, 15) is 14.4 Å². The van der Waals surface area contributed by atoms with Crippen molar-refractivity contribution in [1.82, 2.24) is 4.90 Å². The number of rotatable bonds is 1. The Labute approximate surface area is 140 Å². The molecule has 6 heteroatoms. The first-order chi connectivity index (χ1) is 11.4. The zero-order chi connectivity index (χ0) is 17.3. The van der Waals surface area contributed by atoms with Gasteiger partial charge in [0, 0.05) is 18.9 Å². The fourth-order valence-corrected chi connectivity index (χ4v) is 5.34. The van der Waals surface area contributed by atoms with Crippen LogP contribution in [-0.2, 0) is 23.9 Å². The Morgan fingerprint density at radius 1 is 1.29 bits per heavy atom. The van der Waals surface area contributed by atoms with E-state index in [-0.39, 0.29) is 23.4 Å². The van der Waals surface area contributed by atoms with E-state index >= 15 is 0 Å². The van der Waals surface area contributed by atoms with Crippen LogP contribution in [0.1, 0.15) is 39.0 Å². The van der Waals surface area contributed by atoms with E-state index in [0.717, 1.165) is 19.3 Å². The third-order valence-corrected chi connectivity index (χ3v) is 6.26. The largest absolute Gasteiger partial charge is 0.496 e. The second-order valence-electron chi connectivity index (χ2n) is 7.10. The first-order valence-corrected chi connectivity index (χ1v) is 8.44. The molecule has 4 aliphatic rings. The Hall–Kier alpha value is -2.11. The minimum atomic E-state index is -1.55. The van der Waals surface area contributed by atoms with Gasteiger partial charge in [-0.05, 0) is 31.8 Å². The smallest absolute Gasteiger partial charge is 0.338 e. The topological polar surface area (TPSA) is 72.9 Å². The molecule has 3 aliphatic heterocycles. The highest BCUT2D eigenvalue weighted by molar-refractivity contribution is 6.14. The van der Waals surface area contributed by atoms with Crippen LogP contribution in [0.5, 0.6) is 0 Å². The molecule has 128 valence electrons. The molecule has 1 amide bonds. The summed E-state index contributed by atoms with van der Waals surface area (Å²) in [7, 11) is 1.44. The zero-order valence-electron chi connectivity index (χ0n) is 14.0. The molecule has 3 heterocycles. The lowest BCUT2D eigenvalue weighted by atomic mass is 9.72. The highest BCUT2D eigenvalue weighted by Gasteiger charge is 2.78. The number of amides is 1. The monoisotopic (exact) mass is 331 g/mol. The van der Waals surface area contributed by atoms with Crippen LogP contribution in [0.3, 0.4) is 0 Å². The van der Waals surface area contributed by atoms with Gasteiger partial charge >= 0.3 is 5.97 Å². The van der Waals surface area contributed by atoms with Crippen molar-refractivity contribution in [3.63, 3.8) is 0 Å². The summed E-state index contributed by atoms with van der Waals surface area (Å²) in [5, 5.41) is 0. The first kappa shape index (κ1) is 15.4. The molecule has 0 aromatic carbocycles. The van der Waals surface area contributed by atoms with Crippen molar-refractivity contribution in [2.45, 2.75) is 50.2 Å². The molecule has 0 radical (unpaired) electrons. The molecular weight excluding hydrogens is 310 g/mol. The van der Waals surface area contributed by atoms with Crippen molar-refractivity contribution in [1.29, 1.82) is 0 Å². The van der Waals surface area contributed by atoms with Gasteiger partial charge in [0.25, 0.3) is 5.60 Å². The molecule has 2 spiro atoms. The predicted molar refractivity (Wildman–Crippen MR) is 83.7 cm³/mol. The van der Waals surface area contributed by atoms with E-state index < -0.39 is 17.1 Å². The molecule has 0 aromatic heterocycles. The van der Waals surface area contributed by atoms with Crippen LogP contribution in [0.15, 0.2) is 23.5 Å². The molecule has 1 saturated carbocycles. The van der Waals surface area contributed by atoms with Crippen LogP contribution in [0.2, 0.25) is 0 Å². The summed E-state index contributed by atoms with van der Waals surface area (Å²) >= 11 is 0. The van der Waals surface area contributed by atoms with Crippen molar-refractivity contribution in [3.05, 3.63) is 23.5 Å². The van der Waals surface area contributed by atoms with Crippen LogP contribution in [0, 0.1) is 5.92 Å². The quantitative estimate of drug-likeness (QED) is 0.538. The lowest BCUT2D eigenvalue weighted by molar-refractivity contribution is -0.171. The normalized spacial score (nSPS) is 38.6. The molecule has 1 aliphatic carbocycles. The number of carbonyl (C=O) groups excluding carboxylic acids is 3.